The highest BCUT2D eigenvalue weighted by Gasteiger charge is 2.08. The van der Waals surface area contributed by atoms with Crippen molar-refractivity contribution in [2.24, 2.45) is 0 Å². The minimum atomic E-state index is -0.0898. The lowest BCUT2D eigenvalue weighted by atomic mass is 10.1. The number of hydrogen-bond donors (Lipinski definition) is 1. The molecule has 134 valence electrons. The van der Waals surface area contributed by atoms with Crippen LogP contribution in [0.25, 0.3) is 10.9 Å². The molecule has 28 heavy (non-hydrogen) atoms. The van der Waals surface area contributed by atoms with Crippen LogP contribution in [0.3, 0.4) is 0 Å². The number of anilines is 1. The van der Waals surface area contributed by atoms with Gasteiger partial charge in [-0.05, 0) is 47.9 Å². The van der Waals surface area contributed by atoms with Gasteiger partial charge in [-0.3, -0.25) is 9.78 Å². The first kappa shape index (κ1) is 17.4. The monoisotopic (exact) mass is 363 g/mol. The van der Waals surface area contributed by atoms with Crippen LogP contribution >= 0.6 is 0 Å². The number of nitrogens with one attached hydrogen (secondary N) is 1. The van der Waals surface area contributed by atoms with Gasteiger partial charge in [0.15, 0.2) is 0 Å². The first-order chi connectivity index (χ1) is 13.8. The Balaban J connectivity index is 1.48. The number of benzene rings is 2. The Hall–Kier alpha value is -3.97. The number of carbonyl (C=O) groups is 1. The third-order valence-corrected chi connectivity index (χ3v) is 4.21. The largest absolute Gasteiger partial charge is 0.326 e. The van der Waals surface area contributed by atoms with Crippen LogP contribution in [0.15, 0.2) is 85.2 Å². The smallest absolute Gasteiger partial charge is 0.228 e. The molecule has 4 rings (SSSR count). The maximum atomic E-state index is 12.5. The van der Waals surface area contributed by atoms with E-state index in [4.69, 9.17) is 0 Å². The summed E-state index contributed by atoms with van der Waals surface area (Å²) >= 11 is 0. The van der Waals surface area contributed by atoms with Gasteiger partial charge in [0.25, 0.3) is 0 Å². The number of carbonyl (C=O) groups excluding carboxylic acids is 1. The van der Waals surface area contributed by atoms with Crippen molar-refractivity contribution in [2.75, 3.05) is 5.32 Å². The summed E-state index contributed by atoms with van der Waals surface area (Å²) in [7, 11) is 0. The van der Waals surface area contributed by atoms with Crippen molar-refractivity contribution >= 4 is 22.5 Å². The molecular formula is C24H17N3O. The second kappa shape index (κ2) is 8.15. The number of para-hydroxylation sites is 1. The van der Waals surface area contributed by atoms with E-state index in [1.54, 1.807) is 12.4 Å². The van der Waals surface area contributed by atoms with Crippen molar-refractivity contribution < 1.29 is 4.79 Å². The average molecular weight is 363 g/mol. The van der Waals surface area contributed by atoms with Gasteiger partial charge in [0.05, 0.1) is 11.9 Å². The number of fused-ring (bicyclic) bond motifs is 1. The quantitative estimate of drug-likeness (QED) is 0.555. The Morgan fingerprint density at radius 3 is 2.61 bits per heavy atom. The third kappa shape index (κ3) is 4.22. The van der Waals surface area contributed by atoms with Gasteiger partial charge < -0.3 is 5.32 Å². The number of rotatable bonds is 3. The molecule has 1 amide bonds. The van der Waals surface area contributed by atoms with Gasteiger partial charge in [0.1, 0.15) is 5.69 Å². The summed E-state index contributed by atoms with van der Waals surface area (Å²) in [5, 5.41) is 3.97. The summed E-state index contributed by atoms with van der Waals surface area (Å²) in [6.45, 7) is 0. The van der Waals surface area contributed by atoms with E-state index in [0.29, 0.717) is 11.4 Å². The molecule has 4 aromatic rings. The van der Waals surface area contributed by atoms with Crippen LogP contribution < -0.4 is 5.32 Å². The molecule has 0 fully saturated rings. The van der Waals surface area contributed by atoms with Crippen molar-refractivity contribution in [3.63, 3.8) is 0 Å². The molecule has 1 N–H and O–H groups in total. The minimum Gasteiger partial charge on any atom is -0.326 e. The molecule has 0 aliphatic rings. The van der Waals surface area contributed by atoms with E-state index in [9.17, 15) is 4.79 Å². The zero-order valence-electron chi connectivity index (χ0n) is 15.1. The maximum absolute atomic E-state index is 12.5. The Kier molecular flexibility index (Phi) is 5.08. The molecule has 0 spiro atoms. The van der Waals surface area contributed by atoms with Gasteiger partial charge in [-0.2, -0.15) is 0 Å². The van der Waals surface area contributed by atoms with Crippen molar-refractivity contribution in [3.8, 4) is 11.8 Å². The topological polar surface area (TPSA) is 54.9 Å². The van der Waals surface area contributed by atoms with Crippen LogP contribution in [0.4, 0.5) is 5.69 Å². The van der Waals surface area contributed by atoms with E-state index in [0.717, 1.165) is 22.0 Å². The number of pyridine rings is 2. The molecule has 0 saturated carbocycles. The number of amides is 1. The molecule has 0 bridgehead atoms. The molecular weight excluding hydrogens is 346 g/mol. The highest BCUT2D eigenvalue weighted by atomic mass is 16.1. The standard InChI is InChI=1S/C24H17N3O/c28-23(17-20-8-4-7-19-9-5-15-26-24(19)20)27-22-11-3-6-18(16-22)12-13-21-10-1-2-14-25-21/h1-11,14-16H,17H2,(H,27,28). The van der Waals surface area contributed by atoms with E-state index in [-0.39, 0.29) is 12.3 Å². The molecule has 0 radical (unpaired) electrons. The molecule has 0 unspecified atom stereocenters. The maximum Gasteiger partial charge on any atom is 0.228 e. The zero-order chi connectivity index (χ0) is 19.2. The second-order valence-corrected chi connectivity index (χ2v) is 6.26. The Morgan fingerprint density at radius 2 is 1.71 bits per heavy atom. The lowest BCUT2D eigenvalue weighted by molar-refractivity contribution is -0.115. The molecule has 2 aromatic carbocycles. The van der Waals surface area contributed by atoms with Crippen molar-refractivity contribution in [1.82, 2.24) is 9.97 Å². The number of hydrogen-bond acceptors (Lipinski definition) is 3. The van der Waals surface area contributed by atoms with E-state index in [1.807, 2.05) is 72.8 Å². The fraction of sp³-hybridized carbons (Fsp3) is 0.0417. The summed E-state index contributed by atoms with van der Waals surface area (Å²) in [5.74, 6) is 6.00. The van der Waals surface area contributed by atoms with Crippen LogP contribution in [0.2, 0.25) is 0 Å². The predicted molar refractivity (Wildman–Crippen MR) is 111 cm³/mol. The van der Waals surface area contributed by atoms with E-state index < -0.39 is 0 Å². The first-order valence-electron chi connectivity index (χ1n) is 8.93. The first-order valence-corrected chi connectivity index (χ1v) is 8.93. The zero-order valence-corrected chi connectivity index (χ0v) is 15.1. The van der Waals surface area contributed by atoms with Crippen molar-refractivity contribution in [3.05, 3.63) is 102 Å². The lowest BCUT2D eigenvalue weighted by Crippen LogP contribution is -2.14. The fourth-order valence-electron chi connectivity index (χ4n) is 2.94. The number of nitrogens with zero attached hydrogens (tertiary/aromatic N) is 2. The Morgan fingerprint density at radius 1 is 0.857 bits per heavy atom. The van der Waals surface area contributed by atoms with Crippen LogP contribution in [0.1, 0.15) is 16.8 Å². The van der Waals surface area contributed by atoms with Gasteiger partial charge in [-0.15, -0.1) is 0 Å². The molecule has 2 aromatic heterocycles. The van der Waals surface area contributed by atoms with Gasteiger partial charge in [-0.25, -0.2) is 4.98 Å². The Bertz CT molecular complexity index is 1190. The van der Waals surface area contributed by atoms with E-state index >= 15 is 0 Å². The molecule has 0 aliphatic carbocycles. The summed E-state index contributed by atoms with van der Waals surface area (Å²) in [5.41, 5.74) is 4.00. The summed E-state index contributed by atoms with van der Waals surface area (Å²) in [6, 6.07) is 22.9. The van der Waals surface area contributed by atoms with Crippen molar-refractivity contribution in [2.45, 2.75) is 6.42 Å². The van der Waals surface area contributed by atoms with Gasteiger partial charge in [-0.1, -0.05) is 42.3 Å². The van der Waals surface area contributed by atoms with Crippen molar-refractivity contribution in [1.29, 1.82) is 0 Å². The molecule has 0 saturated heterocycles. The molecule has 4 heteroatoms. The molecule has 0 atom stereocenters. The van der Waals surface area contributed by atoms with Gasteiger partial charge in [0.2, 0.25) is 5.91 Å². The molecule has 2 heterocycles. The second-order valence-electron chi connectivity index (χ2n) is 6.26. The normalized spacial score (nSPS) is 10.1. The highest BCUT2D eigenvalue weighted by Crippen LogP contribution is 2.17. The predicted octanol–water partition coefficient (Wildman–Crippen LogP) is 4.21. The van der Waals surface area contributed by atoms with Gasteiger partial charge in [0, 0.05) is 29.0 Å². The third-order valence-electron chi connectivity index (χ3n) is 4.21. The van der Waals surface area contributed by atoms with Crippen LogP contribution in [-0.2, 0) is 11.2 Å². The average Bonchev–Trinajstić information content (AvgIpc) is 2.73. The minimum absolute atomic E-state index is 0.0898. The Labute approximate surface area is 163 Å². The molecule has 0 aliphatic heterocycles. The SMILES string of the molecule is O=C(Cc1cccc2cccnc12)Nc1cccc(C#Cc2ccccn2)c1. The fourth-order valence-corrected chi connectivity index (χ4v) is 2.94. The van der Waals surface area contributed by atoms with Crippen LogP contribution in [0.5, 0.6) is 0 Å². The van der Waals surface area contributed by atoms with E-state index in [2.05, 4.69) is 27.1 Å². The summed E-state index contributed by atoms with van der Waals surface area (Å²) < 4.78 is 0. The van der Waals surface area contributed by atoms with Crippen LogP contribution in [-0.4, -0.2) is 15.9 Å². The van der Waals surface area contributed by atoms with Gasteiger partial charge >= 0.3 is 0 Å². The lowest BCUT2D eigenvalue weighted by Gasteiger charge is -2.07. The number of aromatic nitrogens is 2. The summed E-state index contributed by atoms with van der Waals surface area (Å²) in [6.07, 6.45) is 3.72. The van der Waals surface area contributed by atoms with E-state index in [1.165, 1.54) is 0 Å². The summed E-state index contributed by atoms with van der Waals surface area (Å²) in [4.78, 5) is 21.1. The highest BCUT2D eigenvalue weighted by molar-refractivity contribution is 5.95. The van der Waals surface area contributed by atoms with Crippen LogP contribution in [0, 0.1) is 11.8 Å². The molecule has 4 nitrogen and oxygen atoms in total.